The Labute approximate surface area is 94.4 Å². The van der Waals surface area contributed by atoms with Gasteiger partial charge in [-0.25, -0.2) is 4.98 Å². The normalized spacial score (nSPS) is 29.0. The van der Waals surface area contributed by atoms with Crippen LogP contribution in [0.25, 0.3) is 5.57 Å². The fourth-order valence-corrected chi connectivity index (χ4v) is 2.46. The lowest BCUT2D eigenvalue weighted by atomic mass is 9.78. The van der Waals surface area contributed by atoms with E-state index in [-0.39, 0.29) is 0 Å². The molecule has 1 fully saturated rings. The van der Waals surface area contributed by atoms with E-state index in [1.807, 2.05) is 12.3 Å². The van der Waals surface area contributed by atoms with Crippen LogP contribution < -0.4 is 5.32 Å². The highest BCUT2D eigenvalue weighted by atomic mass is 35.5. The van der Waals surface area contributed by atoms with Crippen LogP contribution in [-0.2, 0) is 0 Å². The van der Waals surface area contributed by atoms with Gasteiger partial charge in [-0.15, -0.1) is 0 Å². The first-order chi connectivity index (χ1) is 7.33. The summed E-state index contributed by atoms with van der Waals surface area (Å²) in [4.78, 5) is 4.12. The number of nitrogens with one attached hydrogen (secondary N) is 1. The number of pyridine rings is 1. The first-order valence-corrected chi connectivity index (χ1v) is 5.75. The number of aromatic nitrogens is 1. The van der Waals surface area contributed by atoms with Crippen molar-refractivity contribution < 1.29 is 0 Å². The Morgan fingerprint density at radius 2 is 2.33 bits per heavy atom. The van der Waals surface area contributed by atoms with Crippen molar-refractivity contribution in [3.05, 3.63) is 35.1 Å². The van der Waals surface area contributed by atoms with Crippen molar-refractivity contribution in [1.29, 1.82) is 0 Å². The predicted octanol–water partition coefficient (Wildman–Crippen LogP) is 2.50. The summed E-state index contributed by atoms with van der Waals surface area (Å²) < 4.78 is 0. The van der Waals surface area contributed by atoms with Crippen LogP contribution in [0.2, 0.25) is 5.15 Å². The van der Waals surface area contributed by atoms with Gasteiger partial charge >= 0.3 is 0 Å². The molecule has 0 amide bonds. The highest BCUT2D eigenvalue weighted by Crippen LogP contribution is 2.34. The summed E-state index contributed by atoms with van der Waals surface area (Å²) in [6.45, 7) is 1.19. The SMILES string of the molecule is Clc1ccc(C2=CCC3CNC3C2)cn1. The smallest absolute Gasteiger partial charge is 0.129 e. The summed E-state index contributed by atoms with van der Waals surface area (Å²) in [6.07, 6.45) is 6.56. The van der Waals surface area contributed by atoms with Gasteiger partial charge < -0.3 is 5.32 Å². The summed E-state index contributed by atoms with van der Waals surface area (Å²) in [5, 5.41) is 4.04. The van der Waals surface area contributed by atoms with E-state index >= 15 is 0 Å². The van der Waals surface area contributed by atoms with E-state index in [1.165, 1.54) is 24.1 Å². The number of rotatable bonds is 1. The van der Waals surface area contributed by atoms with Gasteiger partial charge in [0.05, 0.1) is 0 Å². The molecule has 0 radical (unpaired) electrons. The second-order valence-corrected chi connectivity index (χ2v) is 4.70. The zero-order valence-corrected chi connectivity index (χ0v) is 9.17. The van der Waals surface area contributed by atoms with Crippen molar-refractivity contribution in [3.63, 3.8) is 0 Å². The molecule has 3 heteroatoms. The lowest BCUT2D eigenvalue weighted by Gasteiger charge is -2.41. The van der Waals surface area contributed by atoms with E-state index < -0.39 is 0 Å². The minimum absolute atomic E-state index is 0.565. The summed E-state index contributed by atoms with van der Waals surface area (Å²) in [5.41, 5.74) is 2.62. The molecule has 1 N–H and O–H groups in total. The maximum absolute atomic E-state index is 5.77. The molecule has 3 rings (SSSR count). The molecular weight excluding hydrogens is 208 g/mol. The maximum Gasteiger partial charge on any atom is 0.129 e. The minimum Gasteiger partial charge on any atom is -0.313 e. The van der Waals surface area contributed by atoms with Crippen LogP contribution in [0.4, 0.5) is 0 Å². The lowest BCUT2D eigenvalue weighted by Crippen LogP contribution is -2.53. The van der Waals surface area contributed by atoms with Crippen LogP contribution in [0.3, 0.4) is 0 Å². The molecule has 78 valence electrons. The number of nitrogens with zero attached hydrogens (tertiary/aromatic N) is 1. The van der Waals surface area contributed by atoms with E-state index in [0.29, 0.717) is 11.2 Å². The first-order valence-electron chi connectivity index (χ1n) is 5.37. The van der Waals surface area contributed by atoms with Crippen LogP contribution in [0.1, 0.15) is 18.4 Å². The van der Waals surface area contributed by atoms with Crippen LogP contribution in [-0.4, -0.2) is 17.6 Å². The highest BCUT2D eigenvalue weighted by Gasteiger charge is 2.32. The Kier molecular flexibility index (Phi) is 2.26. The second kappa shape index (κ2) is 3.62. The molecule has 1 aliphatic heterocycles. The number of fused-ring (bicyclic) bond motifs is 1. The zero-order chi connectivity index (χ0) is 10.3. The Hall–Kier alpha value is -0.860. The van der Waals surface area contributed by atoms with E-state index in [0.717, 1.165) is 12.3 Å². The van der Waals surface area contributed by atoms with E-state index in [1.54, 1.807) is 0 Å². The Morgan fingerprint density at radius 3 is 2.93 bits per heavy atom. The third kappa shape index (κ3) is 1.68. The molecule has 2 unspecified atom stereocenters. The van der Waals surface area contributed by atoms with Gasteiger partial charge in [0.15, 0.2) is 0 Å². The third-order valence-electron chi connectivity index (χ3n) is 3.42. The predicted molar refractivity (Wildman–Crippen MR) is 61.7 cm³/mol. The number of allylic oxidation sites excluding steroid dienone is 1. The molecule has 2 aliphatic rings. The van der Waals surface area contributed by atoms with Crippen LogP contribution in [0.15, 0.2) is 24.4 Å². The third-order valence-corrected chi connectivity index (χ3v) is 3.64. The average molecular weight is 221 g/mol. The summed E-state index contributed by atoms with van der Waals surface area (Å²) >= 11 is 5.77. The Morgan fingerprint density at radius 1 is 1.40 bits per heavy atom. The van der Waals surface area contributed by atoms with Gasteiger partial charge in [-0.2, -0.15) is 0 Å². The standard InChI is InChI=1S/C12H13ClN2/c13-12-4-3-9(6-15-12)8-1-2-10-7-14-11(10)5-8/h1,3-4,6,10-11,14H,2,5,7H2. The van der Waals surface area contributed by atoms with E-state index in [9.17, 15) is 0 Å². The van der Waals surface area contributed by atoms with Gasteiger partial charge in [0.1, 0.15) is 5.15 Å². The van der Waals surface area contributed by atoms with Crippen molar-refractivity contribution in [2.24, 2.45) is 5.92 Å². The molecule has 2 heterocycles. The summed E-state index contributed by atoms with van der Waals surface area (Å²) in [6, 6.07) is 4.61. The molecule has 0 bridgehead atoms. The Balaban J connectivity index is 1.85. The molecule has 0 spiro atoms. The van der Waals surface area contributed by atoms with Gasteiger partial charge in [0.25, 0.3) is 0 Å². The molecular formula is C12H13ClN2. The molecule has 1 saturated heterocycles. The zero-order valence-electron chi connectivity index (χ0n) is 8.41. The monoisotopic (exact) mass is 220 g/mol. The number of hydrogen-bond acceptors (Lipinski definition) is 2. The van der Waals surface area contributed by atoms with E-state index in [2.05, 4.69) is 22.4 Å². The van der Waals surface area contributed by atoms with Crippen molar-refractivity contribution in [3.8, 4) is 0 Å². The first kappa shape index (κ1) is 9.37. The van der Waals surface area contributed by atoms with Crippen LogP contribution in [0, 0.1) is 5.92 Å². The van der Waals surface area contributed by atoms with Crippen molar-refractivity contribution in [2.45, 2.75) is 18.9 Å². The fourth-order valence-electron chi connectivity index (χ4n) is 2.35. The second-order valence-electron chi connectivity index (χ2n) is 4.31. The van der Waals surface area contributed by atoms with Crippen molar-refractivity contribution >= 4 is 17.2 Å². The van der Waals surface area contributed by atoms with Crippen molar-refractivity contribution in [2.75, 3.05) is 6.54 Å². The Bertz CT molecular complexity index is 397. The van der Waals surface area contributed by atoms with Gasteiger partial charge in [-0.1, -0.05) is 23.7 Å². The fraction of sp³-hybridized carbons (Fsp3) is 0.417. The topological polar surface area (TPSA) is 24.9 Å². The molecule has 0 aromatic carbocycles. The van der Waals surface area contributed by atoms with Gasteiger partial charge in [0.2, 0.25) is 0 Å². The van der Waals surface area contributed by atoms with Gasteiger partial charge in [-0.3, -0.25) is 0 Å². The minimum atomic E-state index is 0.565. The summed E-state index contributed by atoms with van der Waals surface area (Å²) in [5.74, 6) is 0.869. The largest absolute Gasteiger partial charge is 0.313 e. The quantitative estimate of drug-likeness (QED) is 0.736. The van der Waals surface area contributed by atoms with E-state index in [4.69, 9.17) is 11.6 Å². The maximum atomic E-state index is 5.77. The molecule has 1 aliphatic carbocycles. The molecule has 2 atom stereocenters. The van der Waals surface area contributed by atoms with Gasteiger partial charge in [-0.05, 0) is 36.0 Å². The number of hydrogen-bond donors (Lipinski definition) is 1. The van der Waals surface area contributed by atoms with Crippen LogP contribution >= 0.6 is 11.6 Å². The van der Waals surface area contributed by atoms with Crippen LogP contribution in [0.5, 0.6) is 0 Å². The average Bonchev–Trinajstić information content (AvgIpc) is 2.22. The summed E-state index contributed by atoms with van der Waals surface area (Å²) in [7, 11) is 0. The van der Waals surface area contributed by atoms with Gasteiger partial charge in [0, 0.05) is 18.8 Å². The molecule has 15 heavy (non-hydrogen) atoms. The lowest BCUT2D eigenvalue weighted by molar-refractivity contribution is 0.231. The molecule has 0 saturated carbocycles. The van der Waals surface area contributed by atoms with Crippen molar-refractivity contribution in [1.82, 2.24) is 10.3 Å². The molecule has 1 aromatic rings. The molecule has 2 nitrogen and oxygen atoms in total. The number of halogens is 1. The highest BCUT2D eigenvalue weighted by molar-refractivity contribution is 6.29. The molecule has 1 aromatic heterocycles.